The van der Waals surface area contributed by atoms with Crippen molar-refractivity contribution in [1.29, 1.82) is 0 Å². The second-order valence-corrected chi connectivity index (χ2v) is 8.47. The van der Waals surface area contributed by atoms with Crippen LogP contribution in [-0.4, -0.2) is 38.5 Å². The zero-order valence-corrected chi connectivity index (χ0v) is 17.0. The van der Waals surface area contributed by atoms with Gasteiger partial charge in [0.05, 0.1) is 17.5 Å². The fraction of sp³-hybridized carbons (Fsp3) is 0.435. The molecule has 1 aromatic carbocycles. The van der Waals surface area contributed by atoms with E-state index in [1.165, 1.54) is 12.5 Å². The lowest BCUT2D eigenvalue weighted by atomic mass is 9.83. The average Bonchev–Trinajstić information content (AvgIpc) is 3.15. The highest BCUT2D eigenvalue weighted by molar-refractivity contribution is 5.93. The number of rotatable bonds is 3. The average molecular weight is 428 g/mol. The maximum absolute atomic E-state index is 13.4. The number of aromatic nitrogens is 3. The standard InChI is InChI=1S/C23H23F3N4O/c24-23(25,26)18-7-2-1-6-17(18)15-10-12-29(13-11-15)22(31)20-14-30-21(27-20)9-8-19(28-30)16-4-3-5-16/h1-2,6-9,14-16H,3-5,10-13H2. The molecular weight excluding hydrogens is 405 g/mol. The van der Waals surface area contributed by atoms with Crippen molar-refractivity contribution >= 4 is 11.6 Å². The van der Waals surface area contributed by atoms with E-state index in [0.29, 0.717) is 48.8 Å². The van der Waals surface area contributed by atoms with Gasteiger partial charge in [0.1, 0.15) is 5.69 Å². The first-order valence-corrected chi connectivity index (χ1v) is 10.7. The predicted octanol–water partition coefficient (Wildman–Crippen LogP) is 5.04. The van der Waals surface area contributed by atoms with Gasteiger partial charge in [-0.05, 0) is 55.4 Å². The van der Waals surface area contributed by atoms with Crippen LogP contribution in [0.15, 0.2) is 42.6 Å². The fourth-order valence-electron chi connectivity index (χ4n) is 4.59. The third-order valence-electron chi connectivity index (χ3n) is 6.57. The monoisotopic (exact) mass is 428 g/mol. The number of hydrogen-bond donors (Lipinski definition) is 0. The molecule has 8 heteroatoms. The number of imidazole rings is 1. The Morgan fingerprint density at radius 2 is 1.71 bits per heavy atom. The summed E-state index contributed by atoms with van der Waals surface area (Å²) in [5.41, 5.74) is 1.73. The number of carbonyl (C=O) groups excluding carboxylic acids is 1. The minimum Gasteiger partial charge on any atom is -0.337 e. The molecule has 3 heterocycles. The maximum atomic E-state index is 13.4. The molecule has 0 spiro atoms. The summed E-state index contributed by atoms with van der Waals surface area (Å²) in [5.74, 6) is 0.0810. The van der Waals surface area contributed by atoms with Crippen LogP contribution in [0, 0.1) is 0 Å². The Balaban J connectivity index is 1.29. The van der Waals surface area contributed by atoms with Gasteiger partial charge in [-0.3, -0.25) is 4.79 Å². The molecule has 0 N–H and O–H groups in total. The number of hydrogen-bond acceptors (Lipinski definition) is 3. The Labute approximate surface area is 177 Å². The van der Waals surface area contributed by atoms with Crippen LogP contribution < -0.4 is 0 Å². The smallest absolute Gasteiger partial charge is 0.337 e. The number of alkyl halides is 3. The highest BCUT2D eigenvalue weighted by Crippen LogP contribution is 2.39. The van der Waals surface area contributed by atoms with Gasteiger partial charge in [-0.25, -0.2) is 9.50 Å². The highest BCUT2D eigenvalue weighted by atomic mass is 19.4. The van der Waals surface area contributed by atoms with Crippen LogP contribution in [0.5, 0.6) is 0 Å². The topological polar surface area (TPSA) is 50.5 Å². The highest BCUT2D eigenvalue weighted by Gasteiger charge is 2.36. The van der Waals surface area contributed by atoms with Gasteiger partial charge in [-0.2, -0.15) is 18.3 Å². The Kier molecular flexibility index (Phi) is 4.95. The van der Waals surface area contributed by atoms with E-state index in [1.807, 2.05) is 12.1 Å². The molecule has 2 fully saturated rings. The van der Waals surface area contributed by atoms with Crippen LogP contribution in [-0.2, 0) is 6.18 Å². The first kappa shape index (κ1) is 20.0. The van der Waals surface area contributed by atoms with Crippen LogP contribution >= 0.6 is 0 Å². The number of piperidine rings is 1. The molecule has 1 saturated carbocycles. The number of fused-ring (bicyclic) bond motifs is 1. The fourth-order valence-corrected chi connectivity index (χ4v) is 4.59. The van der Waals surface area contributed by atoms with Crippen molar-refractivity contribution in [3.63, 3.8) is 0 Å². The van der Waals surface area contributed by atoms with Crippen LogP contribution in [0.3, 0.4) is 0 Å². The summed E-state index contributed by atoms with van der Waals surface area (Å²) in [5, 5.41) is 4.61. The van der Waals surface area contributed by atoms with E-state index in [2.05, 4.69) is 10.1 Å². The molecule has 0 radical (unpaired) electrons. The van der Waals surface area contributed by atoms with E-state index in [1.54, 1.807) is 27.7 Å². The Morgan fingerprint density at radius 3 is 2.39 bits per heavy atom. The van der Waals surface area contributed by atoms with E-state index in [0.717, 1.165) is 24.6 Å². The zero-order valence-electron chi connectivity index (χ0n) is 17.0. The molecule has 0 atom stereocenters. The maximum Gasteiger partial charge on any atom is 0.416 e. The zero-order chi connectivity index (χ0) is 21.6. The molecule has 0 unspecified atom stereocenters. The summed E-state index contributed by atoms with van der Waals surface area (Å²) in [4.78, 5) is 19.1. The molecule has 31 heavy (non-hydrogen) atoms. The second kappa shape index (κ2) is 7.66. The first-order chi connectivity index (χ1) is 14.9. The van der Waals surface area contributed by atoms with Gasteiger partial charge in [0.25, 0.3) is 5.91 Å². The van der Waals surface area contributed by atoms with Crippen molar-refractivity contribution < 1.29 is 18.0 Å². The molecule has 1 amide bonds. The normalized spacial score (nSPS) is 18.4. The second-order valence-electron chi connectivity index (χ2n) is 8.47. The summed E-state index contributed by atoms with van der Waals surface area (Å²) in [7, 11) is 0. The molecule has 162 valence electrons. The molecule has 2 aromatic heterocycles. The summed E-state index contributed by atoms with van der Waals surface area (Å²) >= 11 is 0. The number of halogens is 3. The van der Waals surface area contributed by atoms with Crippen LogP contribution in [0.25, 0.3) is 5.65 Å². The third-order valence-corrected chi connectivity index (χ3v) is 6.57. The minimum atomic E-state index is -4.37. The molecule has 1 aliphatic heterocycles. The summed E-state index contributed by atoms with van der Waals surface area (Å²) in [6.45, 7) is 0.814. The van der Waals surface area contributed by atoms with Gasteiger partial charge >= 0.3 is 6.18 Å². The van der Waals surface area contributed by atoms with Gasteiger partial charge in [0, 0.05) is 19.0 Å². The number of benzene rings is 1. The van der Waals surface area contributed by atoms with Crippen molar-refractivity contribution in [3.8, 4) is 0 Å². The summed E-state index contributed by atoms with van der Waals surface area (Å²) < 4.78 is 41.7. The van der Waals surface area contributed by atoms with Crippen molar-refractivity contribution in [2.24, 2.45) is 0 Å². The van der Waals surface area contributed by atoms with Crippen LogP contribution in [0.2, 0.25) is 0 Å². The summed E-state index contributed by atoms with van der Waals surface area (Å²) in [6, 6.07) is 9.61. The molecular formula is C23H23F3N4O. The van der Waals surface area contributed by atoms with Gasteiger partial charge in [0.2, 0.25) is 0 Å². The lowest BCUT2D eigenvalue weighted by molar-refractivity contribution is -0.138. The van der Waals surface area contributed by atoms with Crippen LogP contribution in [0.4, 0.5) is 13.2 Å². The van der Waals surface area contributed by atoms with Gasteiger partial charge in [-0.1, -0.05) is 24.6 Å². The van der Waals surface area contributed by atoms with Crippen molar-refractivity contribution in [2.45, 2.75) is 50.1 Å². The van der Waals surface area contributed by atoms with E-state index in [9.17, 15) is 18.0 Å². The molecule has 3 aromatic rings. The Bertz CT molecular complexity index is 1110. The van der Waals surface area contributed by atoms with Gasteiger partial charge in [0.15, 0.2) is 5.65 Å². The number of carbonyl (C=O) groups is 1. The SMILES string of the molecule is O=C(c1cn2nc(C3CCC3)ccc2n1)N1CCC(c2ccccc2C(F)(F)F)CC1. The number of amides is 1. The molecule has 0 bridgehead atoms. The predicted molar refractivity (Wildman–Crippen MR) is 109 cm³/mol. The molecule has 1 saturated heterocycles. The van der Waals surface area contributed by atoms with E-state index < -0.39 is 11.7 Å². The Morgan fingerprint density at radius 1 is 0.968 bits per heavy atom. The Hall–Kier alpha value is -2.90. The minimum absolute atomic E-state index is 0.196. The first-order valence-electron chi connectivity index (χ1n) is 10.7. The number of nitrogens with zero attached hydrogens (tertiary/aromatic N) is 4. The lowest BCUT2D eigenvalue weighted by Gasteiger charge is -2.32. The van der Waals surface area contributed by atoms with Crippen molar-refractivity contribution in [3.05, 3.63) is 65.1 Å². The largest absolute Gasteiger partial charge is 0.416 e. The van der Waals surface area contributed by atoms with Crippen molar-refractivity contribution in [1.82, 2.24) is 19.5 Å². The number of likely N-dealkylation sites (tertiary alicyclic amines) is 1. The van der Waals surface area contributed by atoms with Gasteiger partial charge < -0.3 is 4.90 Å². The van der Waals surface area contributed by atoms with Gasteiger partial charge in [-0.15, -0.1) is 0 Å². The quantitative estimate of drug-likeness (QED) is 0.588. The molecule has 5 rings (SSSR count). The van der Waals surface area contributed by atoms with E-state index in [4.69, 9.17) is 0 Å². The lowest BCUT2D eigenvalue weighted by Crippen LogP contribution is -2.38. The van der Waals surface area contributed by atoms with Crippen LogP contribution in [0.1, 0.15) is 71.2 Å². The summed E-state index contributed by atoms with van der Waals surface area (Å²) in [6.07, 6.45) is 1.79. The van der Waals surface area contributed by atoms with E-state index in [-0.39, 0.29) is 11.8 Å². The molecule has 5 nitrogen and oxygen atoms in total. The van der Waals surface area contributed by atoms with E-state index >= 15 is 0 Å². The molecule has 2 aliphatic rings. The molecule has 1 aliphatic carbocycles. The third kappa shape index (κ3) is 3.79. The van der Waals surface area contributed by atoms with Crippen molar-refractivity contribution in [2.75, 3.05) is 13.1 Å².